The molecule has 0 radical (unpaired) electrons. The van der Waals surface area contributed by atoms with Gasteiger partial charge in [-0.05, 0) is 50.5 Å². The third-order valence-electron chi connectivity index (χ3n) is 7.68. The van der Waals surface area contributed by atoms with Crippen LogP contribution in [0.4, 0.5) is 0 Å². The molecule has 0 heterocycles. The minimum absolute atomic E-state index is 0.0480. The highest BCUT2D eigenvalue weighted by atomic mass is 32.2. The van der Waals surface area contributed by atoms with E-state index in [0.29, 0.717) is 36.4 Å². The molecule has 1 fully saturated rings. The Morgan fingerprint density at radius 1 is 0.946 bits per heavy atom. The Morgan fingerprint density at radius 3 is 2.32 bits per heavy atom. The van der Waals surface area contributed by atoms with Crippen molar-refractivity contribution in [2.24, 2.45) is 5.92 Å². The third kappa shape index (κ3) is 14.6. The predicted octanol–water partition coefficient (Wildman–Crippen LogP) is 7.88. The zero-order valence-corrected chi connectivity index (χ0v) is 24.5. The summed E-state index contributed by atoms with van der Waals surface area (Å²) in [5.41, 5.74) is 0.417. The van der Waals surface area contributed by atoms with Gasteiger partial charge in [0.15, 0.2) is 0 Å². The Bertz CT molecular complexity index is 708. The fraction of sp³-hybridized carbons (Fsp3) is 0.781. The van der Waals surface area contributed by atoms with Crippen molar-refractivity contribution in [3.8, 4) is 0 Å². The van der Waals surface area contributed by atoms with Gasteiger partial charge in [0.05, 0.1) is 18.3 Å². The summed E-state index contributed by atoms with van der Waals surface area (Å²) < 4.78 is 5.40. The van der Waals surface area contributed by atoms with E-state index >= 15 is 0 Å². The summed E-state index contributed by atoms with van der Waals surface area (Å²) in [6.07, 6.45) is 18.0. The van der Waals surface area contributed by atoms with Gasteiger partial charge in [0, 0.05) is 23.8 Å². The summed E-state index contributed by atoms with van der Waals surface area (Å²) in [6, 6.07) is 10.2. The van der Waals surface area contributed by atoms with Crippen molar-refractivity contribution < 1.29 is 19.7 Å². The van der Waals surface area contributed by atoms with Crippen LogP contribution in [0.5, 0.6) is 0 Å². The first kappa shape index (κ1) is 32.2. The summed E-state index contributed by atoms with van der Waals surface area (Å²) in [6.45, 7) is 4.74. The molecule has 1 aromatic carbocycles. The molecule has 212 valence electrons. The van der Waals surface area contributed by atoms with Crippen LogP contribution in [0.15, 0.2) is 30.3 Å². The lowest BCUT2D eigenvalue weighted by molar-refractivity contribution is -0.143. The second kappa shape index (κ2) is 19.1. The highest BCUT2D eigenvalue weighted by molar-refractivity contribution is 8.00. The number of carbonyl (C=O) groups excluding carboxylic acids is 1. The third-order valence-corrected chi connectivity index (χ3v) is 9.49. The summed E-state index contributed by atoms with van der Waals surface area (Å²) in [7, 11) is 0. The molecule has 37 heavy (non-hydrogen) atoms. The van der Waals surface area contributed by atoms with Gasteiger partial charge in [0.1, 0.15) is 0 Å². The summed E-state index contributed by atoms with van der Waals surface area (Å²) in [5.74, 6) is 0.957. The van der Waals surface area contributed by atoms with E-state index in [2.05, 4.69) is 19.1 Å². The number of esters is 1. The molecule has 0 aromatic heterocycles. The average molecular weight is 535 g/mol. The van der Waals surface area contributed by atoms with E-state index in [-0.39, 0.29) is 12.1 Å². The topological polar surface area (TPSA) is 66.8 Å². The highest BCUT2D eigenvalue weighted by Crippen LogP contribution is 2.39. The van der Waals surface area contributed by atoms with Gasteiger partial charge in [-0.25, -0.2) is 0 Å². The molecule has 0 amide bonds. The van der Waals surface area contributed by atoms with Crippen molar-refractivity contribution in [3.63, 3.8) is 0 Å². The van der Waals surface area contributed by atoms with Gasteiger partial charge < -0.3 is 14.9 Å². The summed E-state index contributed by atoms with van der Waals surface area (Å²) in [5, 5.41) is 21.9. The van der Waals surface area contributed by atoms with Crippen LogP contribution in [-0.4, -0.2) is 45.5 Å². The predicted molar refractivity (Wildman–Crippen MR) is 157 cm³/mol. The molecule has 0 aliphatic heterocycles. The number of hydrogen-bond acceptors (Lipinski definition) is 5. The molecule has 0 bridgehead atoms. The smallest absolute Gasteiger partial charge is 0.305 e. The van der Waals surface area contributed by atoms with Gasteiger partial charge in [0.2, 0.25) is 0 Å². The number of unbranched alkanes of at least 4 members (excludes halogenated alkanes) is 10. The molecule has 4 unspecified atom stereocenters. The zero-order valence-electron chi connectivity index (χ0n) is 23.7. The van der Waals surface area contributed by atoms with Crippen LogP contribution in [0.1, 0.15) is 122 Å². The maximum Gasteiger partial charge on any atom is 0.305 e. The van der Waals surface area contributed by atoms with Crippen molar-refractivity contribution in [2.45, 2.75) is 140 Å². The number of thioether (sulfide) groups is 1. The first-order chi connectivity index (χ1) is 17.9. The SMILES string of the molecule is CCCCCCCCCCOC(=O)CCCCCCC1C(O)CCC1SCC(C)(O)Cc1ccccc1. The maximum atomic E-state index is 12.0. The highest BCUT2D eigenvalue weighted by Gasteiger charge is 2.36. The lowest BCUT2D eigenvalue weighted by Gasteiger charge is -2.27. The molecule has 4 nitrogen and oxygen atoms in total. The van der Waals surface area contributed by atoms with Crippen LogP contribution < -0.4 is 0 Å². The molecule has 1 aliphatic carbocycles. The van der Waals surface area contributed by atoms with E-state index in [9.17, 15) is 15.0 Å². The number of aliphatic hydroxyl groups is 2. The summed E-state index contributed by atoms with van der Waals surface area (Å²) >= 11 is 1.84. The number of carbonyl (C=O) groups is 1. The zero-order chi connectivity index (χ0) is 26.8. The molecule has 4 atom stereocenters. The molecule has 2 rings (SSSR count). The van der Waals surface area contributed by atoms with Gasteiger partial charge in [-0.2, -0.15) is 11.8 Å². The molecule has 1 saturated carbocycles. The standard InChI is InChI=1S/C32H54O4S/c1-3-4-5-6-7-8-11-17-24-36-31(34)21-16-10-9-15-20-28-29(33)22-23-30(28)37-26-32(2,35)25-27-18-13-12-14-19-27/h12-14,18-19,28-30,33,35H,3-11,15-17,20-26H2,1-2H3. The van der Waals surface area contributed by atoms with Crippen molar-refractivity contribution in [1.29, 1.82) is 0 Å². The fourth-order valence-corrected chi connectivity index (χ4v) is 7.01. The van der Waals surface area contributed by atoms with Crippen molar-refractivity contribution in [1.82, 2.24) is 0 Å². The van der Waals surface area contributed by atoms with E-state index in [1.54, 1.807) is 0 Å². The lowest BCUT2D eigenvalue weighted by atomic mass is 9.97. The number of ether oxygens (including phenoxy) is 1. The Hall–Kier alpha value is -1.04. The molecular formula is C32H54O4S. The molecule has 0 spiro atoms. The number of hydrogen-bond donors (Lipinski definition) is 2. The first-order valence-electron chi connectivity index (χ1n) is 15.1. The van der Waals surface area contributed by atoms with Crippen LogP contribution >= 0.6 is 11.8 Å². The van der Waals surface area contributed by atoms with Gasteiger partial charge >= 0.3 is 5.97 Å². The van der Waals surface area contributed by atoms with Crippen molar-refractivity contribution in [3.05, 3.63) is 35.9 Å². The average Bonchev–Trinajstić information content (AvgIpc) is 3.23. The normalized spacial score (nSPS) is 21.1. The largest absolute Gasteiger partial charge is 0.466 e. The van der Waals surface area contributed by atoms with Gasteiger partial charge in [-0.3, -0.25) is 4.79 Å². The van der Waals surface area contributed by atoms with Crippen molar-refractivity contribution in [2.75, 3.05) is 12.4 Å². The molecule has 5 heteroatoms. The minimum Gasteiger partial charge on any atom is -0.466 e. The van der Waals surface area contributed by atoms with E-state index in [4.69, 9.17) is 4.74 Å². The first-order valence-corrected chi connectivity index (χ1v) is 16.2. The Kier molecular flexibility index (Phi) is 16.6. The Morgan fingerprint density at radius 2 is 1.59 bits per heavy atom. The van der Waals surface area contributed by atoms with E-state index < -0.39 is 5.60 Å². The van der Waals surface area contributed by atoms with E-state index in [0.717, 1.165) is 63.4 Å². The fourth-order valence-electron chi connectivity index (χ4n) is 5.47. The molecule has 2 N–H and O–H groups in total. The van der Waals surface area contributed by atoms with Crippen molar-refractivity contribution >= 4 is 17.7 Å². The van der Waals surface area contributed by atoms with Crippen LogP contribution in [0.3, 0.4) is 0 Å². The molecule has 1 aliphatic rings. The van der Waals surface area contributed by atoms with Gasteiger partial charge in [-0.1, -0.05) is 101 Å². The minimum atomic E-state index is -0.743. The quantitative estimate of drug-likeness (QED) is 0.124. The Labute approximate surface area is 231 Å². The molecule has 0 saturated heterocycles. The van der Waals surface area contributed by atoms with E-state index in [1.807, 2.05) is 36.9 Å². The van der Waals surface area contributed by atoms with E-state index in [1.165, 1.54) is 38.5 Å². The second-order valence-corrected chi connectivity index (χ2v) is 12.7. The maximum absolute atomic E-state index is 12.0. The molecular weight excluding hydrogens is 480 g/mol. The number of benzene rings is 1. The number of aliphatic hydroxyl groups excluding tert-OH is 1. The monoisotopic (exact) mass is 534 g/mol. The summed E-state index contributed by atoms with van der Waals surface area (Å²) in [4.78, 5) is 12.0. The van der Waals surface area contributed by atoms with Gasteiger partial charge in [0.25, 0.3) is 0 Å². The molecule has 1 aromatic rings. The van der Waals surface area contributed by atoms with Crippen LogP contribution in [0.2, 0.25) is 0 Å². The lowest BCUT2D eigenvalue weighted by Crippen LogP contribution is -2.32. The van der Waals surface area contributed by atoms with Crippen LogP contribution in [0, 0.1) is 5.92 Å². The van der Waals surface area contributed by atoms with Crippen LogP contribution in [0.25, 0.3) is 0 Å². The second-order valence-electron chi connectivity index (χ2n) is 11.5. The van der Waals surface area contributed by atoms with Gasteiger partial charge in [-0.15, -0.1) is 0 Å². The number of rotatable bonds is 21. The van der Waals surface area contributed by atoms with Crippen LogP contribution in [-0.2, 0) is 16.0 Å². The Balaban J connectivity index is 1.50.